The molecule has 4 aromatic heterocycles. The monoisotopic (exact) mass is 500 g/mol. The molecule has 0 saturated carbocycles. The number of aromatic amines is 1. The van der Waals surface area contributed by atoms with Gasteiger partial charge in [0.1, 0.15) is 5.82 Å². The molecule has 0 atom stereocenters. The second kappa shape index (κ2) is 10.1. The zero-order valence-electron chi connectivity index (χ0n) is 21.6. The fourth-order valence-corrected chi connectivity index (χ4v) is 4.72. The van der Waals surface area contributed by atoms with Crippen molar-refractivity contribution in [2.45, 2.75) is 40.3 Å². The van der Waals surface area contributed by atoms with E-state index in [9.17, 15) is 9.59 Å². The van der Waals surface area contributed by atoms with E-state index in [2.05, 4.69) is 30.6 Å². The number of hydrogen-bond acceptors (Lipinski definition) is 7. The molecular weight excluding hydrogens is 468 g/mol. The molecule has 37 heavy (non-hydrogen) atoms. The topological polar surface area (TPSA) is 121 Å². The standard InChI is InChI=1S/C27H32N8O2/c1-16(2)35-25-22(15-31-35)20(26(36)30-14-21-17(3)11-18(4)32-27(21)37)12-23(33-25)19-5-6-24(29-13-19)34-9-7-28-8-10-34/h5-6,11-13,15-16,28H,7-10,14H2,1-4H3,(H,30,36)(H,32,37). The Labute approximate surface area is 215 Å². The molecule has 1 aliphatic rings. The van der Waals surface area contributed by atoms with Crippen LogP contribution in [0.15, 0.2) is 41.5 Å². The van der Waals surface area contributed by atoms with Gasteiger partial charge in [-0.25, -0.2) is 14.6 Å². The van der Waals surface area contributed by atoms with E-state index in [0.717, 1.165) is 48.8 Å². The van der Waals surface area contributed by atoms with Crippen LogP contribution in [0.25, 0.3) is 22.3 Å². The van der Waals surface area contributed by atoms with Crippen molar-refractivity contribution in [3.05, 3.63) is 69.4 Å². The van der Waals surface area contributed by atoms with E-state index in [1.54, 1.807) is 18.5 Å². The summed E-state index contributed by atoms with van der Waals surface area (Å²) in [7, 11) is 0. The molecule has 0 aromatic carbocycles. The summed E-state index contributed by atoms with van der Waals surface area (Å²) in [5.41, 5.74) is 4.52. The zero-order valence-corrected chi connectivity index (χ0v) is 21.6. The summed E-state index contributed by atoms with van der Waals surface area (Å²) in [4.78, 5) is 40.5. The highest BCUT2D eigenvalue weighted by atomic mass is 16.1. The Balaban J connectivity index is 1.49. The van der Waals surface area contributed by atoms with E-state index in [0.29, 0.717) is 27.9 Å². The molecule has 5 heterocycles. The van der Waals surface area contributed by atoms with Gasteiger partial charge in [0.25, 0.3) is 11.5 Å². The van der Waals surface area contributed by atoms with Crippen LogP contribution in [0.2, 0.25) is 0 Å². The quantitative estimate of drug-likeness (QED) is 0.372. The molecule has 0 aliphatic carbocycles. The van der Waals surface area contributed by atoms with E-state index < -0.39 is 0 Å². The Morgan fingerprint density at radius 1 is 1.14 bits per heavy atom. The number of nitrogens with zero attached hydrogens (tertiary/aromatic N) is 5. The number of aryl methyl sites for hydroxylation is 2. The normalized spacial score (nSPS) is 13.9. The van der Waals surface area contributed by atoms with E-state index in [4.69, 9.17) is 4.98 Å². The maximum absolute atomic E-state index is 13.4. The number of hydrogen-bond donors (Lipinski definition) is 3. The average molecular weight is 501 g/mol. The Morgan fingerprint density at radius 2 is 1.92 bits per heavy atom. The Hall–Kier alpha value is -4.05. The first-order valence-corrected chi connectivity index (χ1v) is 12.6. The highest BCUT2D eigenvalue weighted by Gasteiger charge is 2.20. The van der Waals surface area contributed by atoms with E-state index in [-0.39, 0.29) is 24.1 Å². The number of carbonyl (C=O) groups excluding carboxylic acids is 1. The van der Waals surface area contributed by atoms with Crippen molar-refractivity contribution in [2.24, 2.45) is 0 Å². The number of aromatic nitrogens is 5. The summed E-state index contributed by atoms with van der Waals surface area (Å²) in [6.45, 7) is 11.6. The highest BCUT2D eigenvalue weighted by Crippen LogP contribution is 2.27. The number of anilines is 1. The van der Waals surface area contributed by atoms with Crippen LogP contribution in [0.1, 0.15) is 47.1 Å². The lowest BCUT2D eigenvalue weighted by Crippen LogP contribution is -2.43. The van der Waals surface area contributed by atoms with Gasteiger partial charge in [0.2, 0.25) is 0 Å². The van der Waals surface area contributed by atoms with Gasteiger partial charge in [0.15, 0.2) is 5.65 Å². The lowest BCUT2D eigenvalue weighted by atomic mass is 10.1. The zero-order chi connectivity index (χ0) is 26.1. The fourth-order valence-electron chi connectivity index (χ4n) is 4.72. The van der Waals surface area contributed by atoms with E-state index in [1.165, 1.54) is 0 Å². The Kier molecular flexibility index (Phi) is 6.75. The molecular formula is C27H32N8O2. The summed E-state index contributed by atoms with van der Waals surface area (Å²) in [5, 5.41) is 11.4. The number of carbonyl (C=O) groups is 1. The molecule has 0 bridgehead atoms. The van der Waals surface area contributed by atoms with Gasteiger partial charge in [-0.1, -0.05) is 0 Å². The third kappa shape index (κ3) is 4.97. The maximum Gasteiger partial charge on any atom is 0.253 e. The molecule has 1 aliphatic heterocycles. The van der Waals surface area contributed by atoms with Gasteiger partial charge in [0.05, 0.1) is 22.8 Å². The number of pyridine rings is 3. The van der Waals surface area contributed by atoms with Gasteiger partial charge < -0.3 is 20.5 Å². The summed E-state index contributed by atoms with van der Waals surface area (Å²) in [6, 6.07) is 7.73. The molecule has 10 heteroatoms. The summed E-state index contributed by atoms with van der Waals surface area (Å²) < 4.78 is 1.81. The minimum absolute atomic E-state index is 0.0677. The third-order valence-electron chi connectivity index (χ3n) is 6.70. The van der Waals surface area contributed by atoms with Gasteiger partial charge in [-0.15, -0.1) is 0 Å². The van der Waals surface area contributed by atoms with Crippen LogP contribution in [0.5, 0.6) is 0 Å². The number of amides is 1. The summed E-state index contributed by atoms with van der Waals surface area (Å²) in [6.07, 6.45) is 3.48. The van der Waals surface area contributed by atoms with Crippen LogP contribution in [0.4, 0.5) is 5.82 Å². The molecule has 1 amide bonds. The van der Waals surface area contributed by atoms with Crippen molar-refractivity contribution in [2.75, 3.05) is 31.1 Å². The largest absolute Gasteiger partial charge is 0.354 e. The first-order chi connectivity index (χ1) is 17.8. The number of H-pyrrole nitrogens is 1. The fraction of sp³-hybridized carbons (Fsp3) is 0.370. The number of nitrogens with one attached hydrogen (secondary N) is 3. The highest BCUT2D eigenvalue weighted by molar-refractivity contribution is 6.06. The molecule has 0 radical (unpaired) electrons. The van der Waals surface area contributed by atoms with E-state index in [1.807, 2.05) is 50.6 Å². The van der Waals surface area contributed by atoms with Crippen molar-refractivity contribution in [1.29, 1.82) is 0 Å². The smallest absolute Gasteiger partial charge is 0.253 e. The van der Waals surface area contributed by atoms with Crippen LogP contribution in [-0.2, 0) is 6.54 Å². The van der Waals surface area contributed by atoms with Crippen molar-refractivity contribution < 1.29 is 4.79 Å². The minimum atomic E-state index is -0.290. The third-order valence-corrected chi connectivity index (χ3v) is 6.70. The molecule has 5 rings (SSSR count). The Bertz CT molecular complexity index is 1500. The lowest BCUT2D eigenvalue weighted by molar-refractivity contribution is 0.0952. The molecule has 192 valence electrons. The van der Waals surface area contributed by atoms with Gasteiger partial charge in [-0.2, -0.15) is 5.10 Å². The number of piperazine rings is 1. The molecule has 1 saturated heterocycles. The summed E-state index contributed by atoms with van der Waals surface area (Å²) >= 11 is 0. The van der Waals surface area contributed by atoms with Crippen molar-refractivity contribution in [1.82, 2.24) is 35.4 Å². The van der Waals surface area contributed by atoms with Gasteiger partial charge in [-0.05, 0) is 57.5 Å². The van der Waals surface area contributed by atoms with Crippen molar-refractivity contribution in [3.63, 3.8) is 0 Å². The molecule has 1 fully saturated rings. The molecule has 3 N–H and O–H groups in total. The van der Waals surface area contributed by atoms with Gasteiger partial charge in [-0.3, -0.25) is 9.59 Å². The molecule has 10 nitrogen and oxygen atoms in total. The maximum atomic E-state index is 13.4. The number of rotatable bonds is 6. The second-order valence-corrected chi connectivity index (χ2v) is 9.74. The van der Waals surface area contributed by atoms with Crippen LogP contribution < -0.4 is 21.1 Å². The second-order valence-electron chi connectivity index (χ2n) is 9.74. The van der Waals surface area contributed by atoms with Crippen molar-refractivity contribution >= 4 is 22.8 Å². The lowest BCUT2D eigenvalue weighted by Gasteiger charge is -2.28. The Morgan fingerprint density at radius 3 is 2.59 bits per heavy atom. The van der Waals surface area contributed by atoms with Crippen LogP contribution in [-0.4, -0.2) is 56.8 Å². The van der Waals surface area contributed by atoms with Crippen LogP contribution in [0.3, 0.4) is 0 Å². The van der Waals surface area contributed by atoms with Gasteiger partial charge in [0, 0.05) is 61.8 Å². The van der Waals surface area contributed by atoms with Crippen LogP contribution in [0, 0.1) is 13.8 Å². The molecule has 4 aromatic rings. The first-order valence-electron chi connectivity index (χ1n) is 12.6. The van der Waals surface area contributed by atoms with E-state index >= 15 is 0 Å². The SMILES string of the molecule is Cc1cc(C)c(CNC(=O)c2cc(-c3ccc(N4CCNCC4)nc3)nc3c2cnn3C(C)C)c(=O)[nH]1. The predicted molar refractivity (Wildman–Crippen MR) is 144 cm³/mol. The average Bonchev–Trinajstić information content (AvgIpc) is 3.32. The summed E-state index contributed by atoms with van der Waals surface area (Å²) in [5.74, 6) is 0.636. The van der Waals surface area contributed by atoms with Crippen LogP contribution >= 0.6 is 0 Å². The first kappa shape index (κ1) is 24.6. The minimum Gasteiger partial charge on any atom is -0.354 e. The van der Waals surface area contributed by atoms with Gasteiger partial charge >= 0.3 is 0 Å². The number of fused-ring (bicyclic) bond motifs is 1. The molecule has 0 spiro atoms. The predicted octanol–water partition coefficient (Wildman–Crippen LogP) is 2.72. The van der Waals surface area contributed by atoms with Crippen molar-refractivity contribution in [3.8, 4) is 11.3 Å². The molecule has 0 unspecified atom stereocenters.